The van der Waals surface area contributed by atoms with Gasteiger partial charge in [0.2, 0.25) is 5.95 Å². The lowest BCUT2D eigenvalue weighted by atomic mass is 10.1. The van der Waals surface area contributed by atoms with E-state index < -0.39 is 12.2 Å². The van der Waals surface area contributed by atoms with Crippen molar-refractivity contribution >= 4 is 11.8 Å². The van der Waals surface area contributed by atoms with E-state index in [2.05, 4.69) is 4.98 Å². The minimum atomic E-state index is -4.40. The first kappa shape index (κ1) is 19.5. The molecule has 0 amide bonds. The SMILES string of the molecule is C[C@@H]1COCCN1c1cc(=O)n2c(n1)N(C[C@@H]1CCCO1)C(C(F)(F)F)CC2. The van der Waals surface area contributed by atoms with Crippen LogP contribution in [0.25, 0.3) is 0 Å². The molecule has 10 heteroatoms. The van der Waals surface area contributed by atoms with Crippen molar-refractivity contribution in [2.24, 2.45) is 0 Å². The van der Waals surface area contributed by atoms with Crippen LogP contribution in [-0.2, 0) is 16.0 Å². The fourth-order valence-corrected chi connectivity index (χ4v) is 4.23. The quantitative estimate of drug-likeness (QED) is 0.768. The molecule has 7 nitrogen and oxygen atoms in total. The van der Waals surface area contributed by atoms with Gasteiger partial charge in [-0.1, -0.05) is 0 Å². The highest BCUT2D eigenvalue weighted by molar-refractivity contribution is 5.47. The molecule has 1 aromatic heterocycles. The molecule has 3 aliphatic rings. The summed E-state index contributed by atoms with van der Waals surface area (Å²) in [6.45, 7) is 4.12. The molecule has 2 saturated heterocycles. The molecule has 0 saturated carbocycles. The summed E-state index contributed by atoms with van der Waals surface area (Å²) in [5.41, 5.74) is -0.323. The largest absolute Gasteiger partial charge is 0.408 e. The van der Waals surface area contributed by atoms with Crippen LogP contribution >= 0.6 is 0 Å². The molecule has 0 aromatic carbocycles. The Bertz CT molecular complexity index is 763. The molecular formula is C18H25F3N4O3. The zero-order chi connectivity index (χ0) is 19.9. The lowest BCUT2D eigenvalue weighted by Gasteiger charge is -2.41. The number of rotatable bonds is 3. The predicted octanol–water partition coefficient (Wildman–Crippen LogP) is 1.79. The maximum Gasteiger partial charge on any atom is 0.408 e. The van der Waals surface area contributed by atoms with E-state index >= 15 is 0 Å². The number of nitrogens with zero attached hydrogens (tertiary/aromatic N) is 4. The van der Waals surface area contributed by atoms with Gasteiger partial charge in [-0.2, -0.15) is 18.2 Å². The minimum absolute atomic E-state index is 0.00248. The Labute approximate surface area is 161 Å². The molecule has 4 heterocycles. The molecule has 0 bridgehead atoms. The summed E-state index contributed by atoms with van der Waals surface area (Å²) in [6.07, 6.45) is -3.30. The molecule has 28 heavy (non-hydrogen) atoms. The highest BCUT2D eigenvalue weighted by atomic mass is 19.4. The van der Waals surface area contributed by atoms with Crippen molar-refractivity contribution in [1.29, 1.82) is 0 Å². The molecule has 156 valence electrons. The van der Waals surface area contributed by atoms with Crippen LogP contribution in [0.5, 0.6) is 0 Å². The predicted molar refractivity (Wildman–Crippen MR) is 96.9 cm³/mol. The first-order valence-electron chi connectivity index (χ1n) is 9.76. The van der Waals surface area contributed by atoms with Gasteiger partial charge in [-0.25, -0.2) is 0 Å². The lowest BCUT2D eigenvalue weighted by molar-refractivity contribution is -0.153. The second-order valence-electron chi connectivity index (χ2n) is 7.66. The monoisotopic (exact) mass is 402 g/mol. The third-order valence-electron chi connectivity index (χ3n) is 5.70. The maximum absolute atomic E-state index is 13.8. The molecule has 1 unspecified atom stereocenters. The third-order valence-corrected chi connectivity index (χ3v) is 5.70. The fraction of sp³-hybridized carbons (Fsp3) is 0.778. The number of ether oxygens (including phenoxy) is 2. The number of aromatic nitrogens is 2. The van der Waals surface area contributed by atoms with Crippen molar-refractivity contribution in [1.82, 2.24) is 9.55 Å². The molecular weight excluding hydrogens is 377 g/mol. The first-order chi connectivity index (χ1) is 13.3. The summed E-state index contributed by atoms with van der Waals surface area (Å²) in [7, 11) is 0. The first-order valence-corrected chi connectivity index (χ1v) is 9.76. The highest BCUT2D eigenvalue weighted by Gasteiger charge is 2.47. The molecule has 1 aromatic rings. The van der Waals surface area contributed by atoms with Crippen LogP contribution in [0.15, 0.2) is 10.9 Å². The maximum atomic E-state index is 13.8. The summed E-state index contributed by atoms with van der Waals surface area (Å²) in [5.74, 6) is 0.498. The average Bonchev–Trinajstić information content (AvgIpc) is 3.14. The van der Waals surface area contributed by atoms with E-state index in [1.54, 1.807) is 0 Å². The van der Waals surface area contributed by atoms with E-state index in [0.717, 1.165) is 6.42 Å². The summed E-state index contributed by atoms with van der Waals surface area (Å²) >= 11 is 0. The standard InChI is InChI=1S/C18H25F3N4O3/c1-12-11-27-8-6-23(12)15-9-16(26)24-5-4-14(18(19,20)21)25(17(24)22-15)10-13-3-2-7-28-13/h9,12-14H,2-8,10-11H2,1H3/t12-,13+,14?/m1/s1. The van der Waals surface area contributed by atoms with Gasteiger partial charge in [-0.15, -0.1) is 0 Å². The molecule has 0 aliphatic carbocycles. The molecule has 0 radical (unpaired) electrons. The Balaban J connectivity index is 1.73. The van der Waals surface area contributed by atoms with E-state index in [1.165, 1.54) is 15.5 Å². The zero-order valence-electron chi connectivity index (χ0n) is 15.8. The minimum Gasteiger partial charge on any atom is -0.377 e. The Hall–Kier alpha value is -1.81. The van der Waals surface area contributed by atoms with Crippen molar-refractivity contribution in [2.45, 2.75) is 57.1 Å². The Morgan fingerprint density at radius 2 is 2.07 bits per heavy atom. The molecule has 0 spiro atoms. The Kier molecular flexibility index (Phi) is 5.26. The Morgan fingerprint density at radius 3 is 2.75 bits per heavy atom. The molecule has 2 fully saturated rings. The van der Waals surface area contributed by atoms with Gasteiger partial charge in [0.25, 0.3) is 5.56 Å². The highest BCUT2D eigenvalue weighted by Crippen LogP contribution is 2.35. The summed E-state index contributed by atoms with van der Waals surface area (Å²) in [5, 5.41) is 0. The number of morpholine rings is 1. The second-order valence-corrected chi connectivity index (χ2v) is 7.66. The lowest BCUT2D eigenvalue weighted by Crippen LogP contribution is -2.55. The van der Waals surface area contributed by atoms with Crippen molar-refractivity contribution in [3.05, 3.63) is 16.4 Å². The topological polar surface area (TPSA) is 59.8 Å². The molecule has 3 aliphatic heterocycles. The van der Waals surface area contributed by atoms with E-state index in [1.807, 2.05) is 11.8 Å². The number of anilines is 2. The van der Waals surface area contributed by atoms with Crippen LogP contribution in [-0.4, -0.2) is 66.8 Å². The van der Waals surface area contributed by atoms with Crippen LogP contribution in [0.3, 0.4) is 0 Å². The van der Waals surface area contributed by atoms with Crippen molar-refractivity contribution in [3.63, 3.8) is 0 Å². The van der Waals surface area contributed by atoms with Crippen LogP contribution in [0, 0.1) is 0 Å². The number of halogens is 3. The van der Waals surface area contributed by atoms with Gasteiger partial charge in [0, 0.05) is 32.3 Å². The van der Waals surface area contributed by atoms with Gasteiger partial charge < -0.3 is 19.3 Å². The van der Waals surface area contributed by atoms with Gasteiger partial charge in [-0.3, -0.25) is 9.36 Å². The third kappa shape index (κ3) is 3.71. The van der Waals surface area contributed by atoms with E-state index in [4.69, 9.17) is 9.47 Å². The zero-order valence-corrected chi connectivity index (χ0v) is 15.8. The van der Waals surface area contributed by atoms with Gasteiger partial charge in [0.1, 0.15) is 11.9 Å². The van der Waals surface area contributed by atoms with Gasteiger partial charge in [0.15, 0.2) is 0 Å². The van der Waals surface area contributed by atoms with Crippen LogP contribution in [0.4, 0.5) is 24.9 Å². The van der Waals surface area contributed by atoms with E-state index in [9.17, 15) is 18.0 Å². The molecule has 0 N–H and O–H groups in total. The Morgan fingerprint density at radius 1 is 1.25 bits per heavy atom. The fourth-order valence-electron chi connectivity index (χ4n) is 4.23. The molecule has 3 atom stereocenters. The van der Waals surface area contributed by atoms with Gasteiger partial charge in [0.05, 0.1) is 25.4 Å². The molecule has 4 rings (SSSR count). The normalized spacial score (nSPS) is 28.5. The number of hydrogen-bond donors (Lipinski definition) is 0. The van der Waals surface area contributed by atoms with Crippen molar-refractivity contribution < 1.29 is 22.6 Å². The second kappa shape index (κ2) is 7.55. The average molecular weight is 402 g/mol. The smallest absolute Gasteiger partial charge is 0.377 e. The summed E-state index contributed by atoms with van der Waals surface area (Å²) < 4.78 is 53.6. The number of alkyl halides is 3. The van der Waals surface area contributed by atoms with Crippen molar-refractivity contribution in [3.8, 4) is 0 Å². The van der Waals surface area contributed by atoms with E-state index in [0.29, 0.717) is 38.6 Å². The van der Waals surface area contributed by atoms with Gasteiger partial charge in [-0.05, 0) is 26.2 Å². The number of fused-ring (bicyclic) bond motifs is 1. The van der Waals surface area contributed by atoms with Gasteiger partial charge >= 0.3 is 6.18 Å². The van der Waals surface area contributed by atoms with Crippen LogP contribution in [0.2, 0.25) is 0 Å². The summed E-state index contributed by atoms with van der Waals surface area (Å²) in [6, 6.07) is -0.248. The van der Waals surface area contributed by atoms with Crippen LogP contribution < -0.4 is 15.4 Å². The van der Waals surface area contributed by atoms with Crippen molar-refractivity contribution in [2.75, 3.05) is 42.7 Å². The summed E-state index contributed by atoms with van der Waals surface area (Å²) in [4.78, 5) is 20.4. The van der Waals surface area contributed by atoms with E-state index in [-0.39, 0.29) is 43.2 Å². The number of hydrogen-bond acceptors (Lipinski definition) is 6. The van der Waals surface area contributed by atoms with Crippen LogP contribution in [0.1, 0.15) is 26.2 Å².